The van der Waals surface area contributed by atoms with Crippen molar-refractivity contribution in [3.8, 4) is 0 Å². The van der Waals surface area contributed by atoms with Crippen molar-refractivity contribution in [2.24, 2.45) is 5.92 Å². The number of alkyl carbamates (subject to hydrolysis) is 1. The molecule has 0 aromatic rings. The molecule has 0 radical (unpaired) electrons. The van der Waals surface area contributed by atoms with E-state index in [1.165, 1.54) is 12.8 Å². The molecule has 15 heavy (non-hydrogen) atoms. The van der Waals surface area contributed by atoms with Gasteiger partial charge in [0.15, 0.2) is 0 Å². The molecule has 1 amide bonds. The van der Waals surface area contributed by atoms with Crippen LogP contribution in [0, 0.1) is 5.92 Å². The summed E-state index contributed by atoms with van der Waals surface area (Å²) in [5.74, 6) is 0.782. The fourth-order valence-corrected chi connectivity index (χ4v) is 2.05. The van der Waals surface area contributed by atoms with E-state index in [9.17, 15) is 4.79 Å². The van der Waals surface area contributed by atoms with Crippen LogP contribution < -0.4 is 5.32 Å². The second-order valence-corrected chi connectivity index (χ2v) is 5.43. The molecule has 0 aliphatic heterocycles. The lowest BCUT2D eigenvalue weighted by Crippen LogP contribution is -2.37. The van der Waals surface area contributed by atoms with Crippen LogP contribution in [0.2, 0.25) is 0 Å². The Bertz CT molecular complexity index is 220. The van der Waals surface area contributed by atoms with Crippen LogP contribution in [0.4, 0.5) is 4.79 Å². The molecule has 1 N–H and O–H groups in total. The molecule has 1 fully saturated rings. The van der Waals surface area contributed by atoms with Crippen LogP contribution in [0.25, 0.3) is 0 Å². The fourth-order valence-electron chi connectivity index (χ4n) is 2.05. The Kier molecular flexibility index (Phi) is 4.00. The van der Waals surface area contributed by atoms with Gasteiger partial charge in [-0.2, -0.15) is 0 Å². The van der Waals surface area contributed by atoms with E-state index >= 15 is 0 Å². The van der Waals surface area contributed by atoms with Gasteiger partial charge in [0.1, 0.15) is 5.60 Å². The van der Waals surface area contributed by atoms with E-state index < -0.39 is 5.60 Å². The average molecular weight is 213 g/mol. The minimum absolute atomic E-state index is 0.274. The predicted octanol–water partition coefficient (Wildman–Crippen LogP) is 3.09. The molecule has 0 heterocycles. The Morgan fingerprint density at radius 3 is 2.53 bits per heavy atom. The minimum Gasteiger partial charge on any atom is -0.444 e. The Labute approximate surface area is 92.6 Å². The molecule has 1 rings (SSSR count). The molecular weight excluding hydrogens is 190 g/mol. The smallest absolute Gasteiger partial charge is 0.407 e. The third-order valence-electron chi connectivity index (χ3n) is 2.84. The van der Waals surface area contributed by atoms with E-state index in [0.717, 1.165) is 18.8 Å². The highest BCUT2D eigenvalue weighted by molar-refractivity contribution is 5.68. The summed E-state index contributed by atoms with van der Waals surface area (Å²) < 4.78 is 5.22. The zero-order chi connectivity index (χ0) is 11.5. The Morgan fingerprint density at radius 2 is 2.07 bits per heavy atom. The number of hydrogen-bond donors (Lipinski definition) is 1. The van der Waals surface area contributed by atoms with Crippen LogP contribution >= 0.6 is 0 Å². The maximum Gasteiger partial charge on any atom is 0.407 e. The predicted molar refractivity (Wildman–Crippen MR) is 60.8 cm³/mol. The van der Waals surface area contributed by atoms with Gasteiger partial charge in [0.25, 0.3) is 0 Å². The molecule has 0 bridgehead atoms. The summed E-state index contributed by atoms with van der Waals surface area (Å²) in [4.78, 5) is 11.5. The summed E-state index contributed by atoms with van der Waals surface area (Å²) in [6.07, 6.45) is 4.38. The van der Waals surface area contributed by atoms with E-state index in [2.05, 4.69) is 12.2 Å². The molecule has 3 nitrogen and oxygen atoms in total. The fraction of sp³-hybridized carbons (Fsp3) is 0.917. The Morgan fingerprint density at radius 1 is 1.40 bits per heavy atom. The van der Waals surface area contributed by atoms with Crippen molar-refractivity contribution < 1.29 is 9.53 Å². The first kappa shape index (κ1) is 12.3. The lowest BCUT2D eigenvalue weighted by molar-refractivity contribution is 0.0504. The van der Waals surface area contributed by atoms with Crippen molar-refractivity contribution in [1.82, 2.24) is 5.32 Å². The second kappa shape index (κ2) is 4.86. The van der Waals surface area contributed by atoms with E-state index in [1.54, 1.807) is 0 Å². The van der Waals surface area contributed by atoms with Gasteiger partial charge in [-0.3, -0.25) is 0 Å². The average Bonchev–Trinajstić information content (AvgIpc) is 2.48. The molecule has 1 saturated carbocycles. The number of amides is 1. The zero-order valence-electron chi connectivity index (χ0n) is 10.3. The molecule has 0 saturated heterocycles. The van der Waals surface area contributed by atoms with Crippen molar-refractivity contribution >= 4 is 6.09 Å². The summed E-state index contributed by atoms with van der Waals surface area (Å²) in [6.45, 7) is 7.86. The van der Waals surface area contributed by atoms with E-state index in [1.807, 2.05) is 20.8 Å². The largest absolute Gasteiger partial charge is 0.444 e. The highest BCUT2D eigenvalue weighted by Crippen LogP contribution is 2.27. The molecule has 88 valence electrons. The van der Waals surface area contributed by atoms with E-state index in [4.69, 9.17) is 4.74 Å². The first-order valence-corrected chi connectivity index (χ1v) is 5.90. The number of carbonyl (C=O) groups is 1. The quantitative estimate of drug-likeness (QED) is 0.765. The minimum atomic E-state index is -0.396. The third-order valence-corrected chi connectivity index (χ3v) is 2.84. The molecule has 1 aliphatic rings. The number of hydrogen-bond acceptors (Lipinski definition) is 2. The van der Waals surface area contributed by atoms with Crippen LogP contribution in [0.15, 0.2) is 0 Å². The van der Waals surface area contributed by atoms with Crippen LogP contribution in [-0.4, -0.2) is 17.7 Å². The van der Waals surface area contributed by atoms with E-state index in [0.29, 0.717) is 6.04 Å². The summed E-state index contributed by atoms with van der Waals surface area (Å²) in [5, 5.41) is 2.94. The maximum absolute atomic E-state index is 11.5. The molecule has 2 unspecified atom stereocenters. The van der Waals surface area contributed by atoms with Crippen molar-refractivity contribution in [2.75, 3.05) is 0 Å². The topological polar surface area (TPSA) is 38.3 Å². The van der Waals surface area contributed by atoms with Gasteiger partial charge in [0.2, 0.25) is 0 Å². The molecule has 0 aromatic carbocycles. The molecule has 3 heteroatoms. The summed E-state index contributed by atoms with van der Waals surface area (Å²) in [6, 6.07) is 0.324. The SMILES string of the molecule is CCC1CCC(NC(=O)OC(C)(C)C)C1. The molecular formula is C12H23NO2. The highest BCUT2D eigenvalue weighted by Gasteiger charge is 2.26. The summed E-state index contributed by atoms with van der Waals surface area (Å²) in [5.41, 5.74) is -0.396. The number of rotatable bonds is 2. The van der Waals surface area contributed by atoms with E-state index in [-0.39, 0.29) is 6.09 Å². The Balaban J connectivity index is 2.28. The summed E-state index contributed by atoms with van der Waals surface area (Å²) >= 11 is 0. The van der Waals surface area contributed by atoms with Crippen LogP contribution in [-0.2, 0) is 4.74 Å². The molecule has 2 atom stereocenters. The van der Waals surface area contributed by atoms with Gasteiger partial charge in [-0.1, -0.05) is 13.3 Å². The van der Waals surface area contributed by atoms with Crippen molar-refractivity contribution in [3.63, 3.8) is 0 Å². The number of nitrogens with one attached hydrogen (secondary N) is 1. The number of carbonyl (C=O) groups excluding carboxylic acids is 1. The van der Waals surface area contributed by atoms with Gasteiger partial charge in [-0.05, 0) is 46.0 Å². The molecule has 0 spiro atoms. The Hall–Kier alpha value is -0.730. The van der Waals surface area contributed by atoms with Crippen LogP contribution in [0.5, 0.6) is 0 Å². The zero-order valence-corrected chi connectivity index (χ0v) is 10.3. The van der Waals surface area contributed by atoms with Gasteiger partial charge < -0.3 is 10.1 Å². The number of ether oxygens (including phenoxy) is 1. The monoisotopic (exact) mass is 213 g/mol. The van der Waals surface area contributed by atoms with Gasteiger partial charge in [-0.15, -0.1) is 0 Å². The van der Waals surface area contributed by atoms with Crippen LogP contribution in [0.1, 0.15) is 53.4 Å². The lowest BCUT2D eigenvalue weighted by Gasteiger charge is -2.21. The van der Waals surface area contributed by atoms with Crippen molar-refractivity contribution in [1.29, 1.82) is 0 Å². The van der Waals surface area contributed by atoms with Gasteiger partial charge >= 0.3 is 6.09 Å². The first-order valence-electron chi connectivity index (χ1n) is 5.90. The third kappa shape index (κ3) is 4.54. The van der Waals surface area contributed by atoms with Gasteiger partial charge in [0.05, 0.1) is 0 Å². The highest BCUT2D eigenvalue weighted by atomic mass is 16.6. The normalized spacial score (nSPS) is 26.4. The maximum atomic E-state index is 11.5. The second-order valence-electron chi connectivity index (χ2n) is 5.43. The summed E-state index contributed by atoms with van der Waals surface area (Å²) in [7, 11) is 0. The van der Waals surface area contributed by atoms with Gasteiger partial charge in [0, 0.05) is 6.04 Å². The standard InChI is InChI=1S/C12H23NO2/c1-5-9-6-7-10(8-9)13-11(14)15-12(2,3)4/h9-10H,5-8H2,1-4H3,(H,13,14). The van der Waals surface area contributed by atoms with Crippen LogP contribution in [0.3, 0.4) is 0 Å². The van der Waals surface area contributed by atoms with Gasteiger partial charge in [-0.25, -0.2) is 4.79 Å². The first-order chi connectivity index (χ1) is 6.90. The molecule has 0 aromatic heterocycles. The molecule has 1 aliphatic carbocycles. The van der Waals surface area contributed by atoms with Crippen molar-refractivity contribution in [2.45, 2.75) is 65.0 Å². The lowest BCUT2D eigenvalue weighted by atomic mass is 10.1. The van der Waals surface area contributed by atoms with Crippen molar-refractivity contribution in [3.05, 3.63) is 0 Å².